The standard InChI is InChI=1S/C12H18ClN3O/c1-8(2)11-7-16(3-4-17-11)12-5-10(14)9(13)6-15-12/h5-6,8,11H,3-4,7H2,1-2H3,(H2,14,15). The van der Waals surface area contributed by atoms with E-state index in [0.717, 1.165) is 25.5 Å². The molecule has 2 heterocycles. The number of anilines is 2. The quantitative estimate of drug-likeness (QED) is 0.880. The number of hydrogen-bond donors (Lipinski definition) is 1. The van der Waals surface area contributed by atoms with E-state index in [9.17, 15) is 0 Å². The average Bonchev–Trinajstić information content (AvgIpc) is 2.33. The van der Waals surface area contributed by atoms with Crippen molar-refractivity contribution in [2.45, 2.75) is 20.0 Å². The molecular weight excluding hydrogens is 238 g/mol. The molecule has 1 fully saturated rings. The fourth-order valence-corrected chi connectivity index (χ4v) is 2.01. The third-order valence-corrected chi connectivity index (χ3v) is 3.35. The largest absolute Gasteiger partial charge is 0.397 e. The van der Waals surface area contributed by atoms with E-state index in [0.29, 0.717) is 16.6 Å². The van der Waals surface area contributed by atoms with Gasteiger partial charge >= 0.3 is 0 Å². The van der Waals surface area contributed by atoms with E-state index >= 15 is 0 Å². The number of nitrogens with zero attached hydrogens (tertiary/aromatic N) is 2. The van der Waals surface area contributed by atoms with Gasteiger partial charge < -0.3 is 15.4 Å². The lowest BCUT2D eigenvalue weighted by molar-refractivity contribution is 0.0112. The van der Waals surface area contributed by atoms with Crippen LogP contribution in [0.2, 0.25) is 5.02 Å². The van der Waals surface area contributed by atoms with Gasteiger partial charge in [0.1, 0.15) is 5.82 Å². The first kappa shape index (κ1) is 12.5. The van der Waals surface area contributed by atoms with Crippen molar-refractivity contribution >= 4 is 23.1 Å². The minimum atomic E-state index is 0.252. The van der Waals surface area contributed by atoms with Crippen LogP contribution in [0.5, 0.6) is 0 Å². The van der Waals surface area contributed by atoms with Gasteiger partial charge in [-0.05, 0) is 5.92 Å². The fraction of sp³-hybridized carbons (Fsp3) is 0.583. The molecule has 17 heavy (non-hydrogen) atoms. The zero-order chi connectivity index (χ0) is 12.4. The molecule has 0 spiro atoms. The number of nitrogen functional groups attached to an aromatic ring is 1. The van der Waals surface area contributed by atoms with Gasteiger partial charge in [0.15, 0.2) is 0 Å². The van der Waals surface area contributed by atoms with E-state index in [1.165, 1.54) is 0 Å². The van der Waals surface area contributed by atoms with Crippen LogP contribution < -0.4 is 10.6 Å². The van der Waals surface area contributed by atoms with Gasteiger partial charge in [-0.25, -0.2) is 4.98 Å². The highest BCUT2D eigenvalue weighted by molar-refractivity contribution is 6.32. The third kappa shape index (κ3) is 2.82. The van der Waals surface area contributed by atoms with E-state index in [4.69, 9.17) is 22.1 Å². The Balaban J connectivity index is 2.13. The summed E-state index contributed by atoms with van der Waals surface area (Å²) in [6.45, 7) is 6.76. The van der Waals surface area contributed by atoms with Gasteiger partial charge in [0.05, 0.1) is 23.4 Å². The second-order valence-electron chi connectivity index (χ2n) is 4.66. The second kappa shape index (κ2) is 5.10. The molecule has 0 amide bonds. The van der Waals surface area contributed by atoms with Gasteiger partial charge in [0.2, 0.25) is 0 Å². The van der Waals surface area contributed by atoms with Crippen LogP contribution in [0, 0.1) is 5.92 Å². The lowest BCUT2D eigenvalue weighted by Gasteiger charge is -2.35. The highest BCUT2D eigenvalue weighted by Crippen LogP contribution is 2.24. The minimum absolute atomic E-state index is 0.252. The topological polar surface area (TPSA) is 51.4 Å². The lowest BCUT2D eigenvalue weighted by Crippen LogP contribution is -2.45. The molecule has 1 aliphatic heterocycles. The SMILES string of the molecule is CC(C)C1CN(c2cc(N)c(Cl)cn2)CCO1. The number of hydrogen-bond acceptors (Lipinski definition) is 4. The Bertz CT molecular complexity index is 397. The average molecular weight is 256 g/mol. The van der Waals surface area contributed by atoms with Crippen molar-refractivity contribution in [2.24, 2.45) is 5.92 Å². The Morgan fingerprint density at radius 2 is 2.35 bits per heavy atom. The molecule has 5 heteroatoms. The molecule has 1 aromatic rings. The van der Waals surface area contributed by atoms with Gasteiger partial charge in [-0.2, -0.15) is 0 Å². The Kier molecular flexibility index (Phi) is 3.74. The first-order valence-corrected chi connectivity index (χ1v) is 6.23. The number of morpholine rings is 1. The molecule has 0 bridgehead atoms. The Morgan fingerprint density at radius 3 is 3.00 bits per heavy atom. The molecule has 94 valence electrons. The van der Waals surface area contributed by atoms with Crippen LogP contribution in [0.4, 0.5) is 11.5 Å². The molecule has 2 rings (SSSR count). The maximum Gasteiger partial charge on any atom is 0.130 e. The summed E-state index contributed by atoms with van der Waals surface area (Å²) < 4.78 is 5.72. The zero-order valence-corrected chi connectivity index (χ0v) is 10.9. The molecule has 0 radical (unpaired) electrons. The van der Waals surface area contributed by atoms with Crippen LogP contribution in [0.25, 0.3) is 0 Å². The normalized spacial score (nSPS) is 20.9. The maximum atomic E-state index is 5.87. The number of pyridine rings is 1. The molecule has 0 aliphatic carbocycles. The summed E-state index contributed by atoms with van der Waals surface area (Å²) in [6.07, 6.45) is 1.86. The highest BCUT2D eigenvalue weighted by atomic mass is 35.5. The second-order valence-corrected chi connectivity index (χ2v) is 5.07. The van der Waals surface area contributed by atoms with Crippen LogP contribution >= 0.6 is 11.6 Å². The number of halogens is 1. The number of nitrogens with two attached hydrogens (primary N) is 1. The summed E-state index contributed by atoms with van der Waals surface area (Å²) in [5.74, 6) is 1.38. The molecule has 2 N–H and O–H groups in total. The van der Waals surface area contributed by atoms with Crippen molar-refractivity contribution in [3.05, 3.63) is 17.3 Å². The highest BCUT2D eigenvalue weighted by Gasteiger charge is 2.24. The van der Waals surface area contributed by atoms with E-state index in [1.807, 2.05) is 6.07 Å². The molecule has 1 atom stereocenters. The smallest absolute Gasteiger partial charge is 0.130 e. The van der Waals surface area contributed by atoms with Crippen molar-refractivity contribution in [1.82, 2.24) is 4.98 Å². The van der Waals surface area contributed by atoms with E-state index in [1.54, 1.807) is 6.20 Å². The summed E-state index contributed by atoms with van der Waals surface area (Å²) >= 11 is 5.87. The van der Waals surface area contributed by atoms with Crippen LogP contribution in [0.15, 0.2) is 12.3 Å². The summed E-state index contributed by atoms with van der Waals surface area (Å²) in [7, 11) is 0. The van der Waals surface area contributed by atoms with Gasteiger partial charge in [-0.15, -0.1) is 0 Å². The fourth-order valence-electron chi connectivity index (χ4n) is 1.90. The number of aromatic nitrogens is 1. The van der Waals surface area contributed by atoms with Crippen molar-refractivity contribution < 1.29 is 4.74 Å². The van der Waals surface area contributed by atoms with Crippen molar-refractivity contribution in [3.8, 4) is 0 Å². The molecule has 1 unspecified atom stereocenters. The van der Waals surface area contributed by atoms with Gasteiger partial charge in [0.25, 0.3) is 0 Å². The predicted octanol–water partition coefficient (Wildman–Crippen LogP) is 2.18. The van der Waals surface area contributed by atoms with Crippen LogP contribution in [-0.2, 0) is 4.74 Å². The first-order chi connectivity index (χ1) is 8.08. The summed E-state index contributed by atoms with van der Waals surface area (Å²) in [5, 5.41) is 0.502. The van der Waals surface area contributed by atoms with E-state index in [2.05, 4.69) is 23.7 Å². The molecule has 1 aromatic heterocycles. The van der Waals surface area contributed by atoms with Gasteiger partial charge in [0, 0.05) is 25.4 Å². The van der Waals surface area contributed by atoms with E-state index in [-0.39, 0.29) is 6.10 Å². The Labute approximate surface area is 107 Å². The zero-order valence-electron chi connectivity index (χ0n) is 10.2. The summed E-state index contributed by atoms with van der Waals surface area (Å²) in [5.41, 5.74) is 6.37. The maximum absolute atomic E-state index is 5.87. The number of rotatable bonds is 2. The number of ether oxygens (including phenoxy) is 1. The van der Waals surface area contributed by atoms with E-state index < -0.39 is 0 Å². The molecule has 4 nitrogen and oxygen atoms in total. The van der Waals surface area contributed by atoms with Crippen LogP contribution in [-0.4, -0.2) is 30.8 Å². The predicted molar refractivity (Wildman–Crippen MR) is 70.5 cm³/mol. The van der Waals surface area contributed by atoms with Gasteiger partial charge in [-0.3, -0.25) is 0 Å². The van der Waals surface area contributed by atoms with Crippen LogP contribution in [0.1, 0.15) is 13.8 Å². The van der Waals surface area contributed by atoms with Crippen molar-refractivity contribution in [2.75, 3.05) is 30.3 Å². The van der Waals surface area contributed by atoms with Crippen molar-refractivity contribution in [1.29, 1.82) is 0 Å². The monoisotopic (exact) mass is 255 g/mol. The lowest BCUT2D eigenvalue weighted by atomic mass is 10.1. The van der Waals surface area contributed by atoms with Gasteiger partial charge in [-0.1, -0.05) is 25.4 Å². The summed E-state index contributed by atoms with van der Waals surface area (Å²) in [6, 6.07) is 1.82. The molecule has 1 aliphatic rings. The minimum Gasteiger partial charge on any atom is -0.397 e. The Morgan fingerprint density at radius 1 is 1.59 bits per heavy atom. The van der Waals surface area contributed by atoms with Crippen molar-refractivity contribution in [3.63, 3.8) is 0 Å². The Hall–Kier alpha value is -1.00. The molecule has 0 saturated carbocycles. The van der Waals surface area contributed by atoms with Crippen LogP contribution in [0.3, 0.4) is 0 Å². The molecular formula is C12H18ClN3O. The molecule has 1 saturated heterocycles. The third-order valence-electron chi connectivity index (χ3n) is 3.03. The first-order valence-electron chi connectivity index (χ1n) is 5.85. The molecule has 0 aromatic carbocycles. The summed E-state index contributed by atoms with van der Waals surface area (Å²) in [4.78, 5) is 6.51.